The molecule has 0 atom stereocenters. The van der Waals surface area contributed by atoms with E-state index >= 15 is 0 Å². The van der Waals surface area contributed by atoms with Gasteiger partial charge in [-0.2, -0.15) is 0 Å². The van der Waals surface area contributed by atoms with Gasteiger partial charge in [-0.1, -0.05) is 36.4 Å². The topological polar surface area (TPSA) is 20.3 Å². The van der Waals surface area contributed by atoms with E-state index in [9.17, 15) is 4.79 Å². The van der Waals surface area contributed by atoms with Gasteiger partial charge in [-0.05, 0) is 28.8 Å². The molecule has 0 aliphatic carbocycles. The zero-order valence-corrected chi connectivity index (χ0v) is 11.9. The van der Waals surface area contributed by atoms with Gasteiger partial charge >= 0.3 is 0 Å². The first-order valence-electron chi connectivity index (χ1n) is 6.48. The number of carbonyl (C=O) groups is 1. The zero-order valence-electron chi connectivity index (χ0n) is 11.1. The molecule has 0 N–H and O–H groups in total. The van der Waals surface area contributed by atoms with E-state index in [1.54, 1.807) is 4.90 Å². The Hall–Kier alpha value is -1.54. The van der Waals surface area contributed by atoms with Crippen LogP contribution in [-0.4, -0.2) is 23.7 Å². The Labute approximate surface area is 119 Å². The first-order valence-corrected chi connectivity index (χ1v) is 7.02. The molecular formula is C16H18ClNO. The van der Waals surface area contributed by atoms with Gasteiger partial charge in [-0.3, -0.25) is 4.79 Å². The molecule has 100 valence electrons. The Balaban J connectivity index is 2.06. The fraction of sp³-hybridized carbons (Fsp3) is 0.312. The number of benzene rings is 2. The summed E-state index contributed by atoms with van der Waals surface area (Å²) in [5, 5.41) is 2.43. The van der Waals surface area contributed by atoms with E-state index < -0.39 is 0 Å². The maximum absolute atomic E-state index is 11.8. The van der Waals surface area contributed by atoms with Crippen LogP contribution in [0, 0.1) is 0 Å². The van der Waals surface area contributed by atoms with Crippen LogP contribution in [0.3, 0.4) is 0 Å². The van der Waals surface area contributed by atoms with Crippen LogP contribution in [-0.2, 0) is 11.3 Å². The highest BCUT2D eigenvalue weighted by molar-refractivity contribution is 6.17. The third kappa shape index (κ3) is 3.71. The number of rotatable bonds is 5. The van der Waals surface area contributed by atoms with Gasteiger partial charge in [0.15, 0.2) is 0 Å². The molecule has 3 heteroatoms. The molecule has 0 aromatic heterocycles. The summed E-state index contributed by atoms with van der Waals surface area (Å²) in [6.45, 7) is 0.645. The van der Waals surface area contributed by atoms with Crippen LogP contribution >= 0.6 is 11.6 Å². The van der Waals surface area contributed by atoms with E-state index in [1.807, 2.05) is 19.2 Å². The van der Waals surface area contributed by atoms with Crippen LogP contribution in [0.4, 0.5) is 0 Å². The summed E-state index contributed by atoms with van der Waals surface area (Å²) in [7, 11) is 1.84. The minimum absolute atomic E-state index is 0.147. The van der Waals surface area contributed by atoms with Crippen molar-refractivity contribution < 1.29 is 4.79 Å². The van der Waals surface area contributed by atoms with Crippen LogP contribution < -0.4 is 0 Å². The maximum Gasteiger partial charge on any atom is 0.222 e. The SMILES string of the molecule is CN(Cc1ccc2ccccc2c1)C(=O)CCCCl. The van der Waals surface area contributed by atoms with E-state index in [2.05, 4.69) is 30.3 Å². The average Bonchev–Trinajstić information content (AvgIpc) is 2.44. The summed E-state index contributed by atoms with van der Waals surface area (Å²) in [6, 6.07) is 14.6. The third-order valence-corrected chi connectivity index (χ3v) is 3.45. The number of fused-ring (bicyclic) bond motifs is 1. The van der Waals surface area contributed by atoms with Gasteiger partial charge in [0.05, 0.1) is 0 Å². The second-order valence-corrected chi connectivity index (χ2v) is 5.10. The summed E-state index contributed by atoms with van der Waals surface area (Å²) in [6.07, 6.45) is 1.26. The van der Waals surface area contributed by atoms with Crippen molar-refractivity contribution in [3.05, 3.63) is 48.0 Å². The number of alkyl halides is 1. The third-order valence-electron chi connectivity index (χ3n) is 3.18. The fourth-order valence-electron chi connectivity index (χ4n) is 2.11. The highest BCUT2D eigenvalue weighted by Gasteiger charge is 2.08. The second-order valence-electron chi connectivity index (χ2n) is 4.72. The van der Waals surface area contributed by atoms with Gasteiger partial charge < -0.3 is 4.90 Å². The largest absolute Gasteiger partial charge is 0.341 e. The number of carbonyl (C=O) groups excluding carboxylic acids is 1. The molecule has 0 radical (unpaired) electrons. The number of nitrogens with zero attached hydrogens (tertiary/aromatic N) is 1. The molecule has 0 unspecified atom stereocenters. The van der Waals surface area contributed by atoms with Crippen LogP contribution in [0.25, 0.3) is 10.8 Å². The van der Waals surface area contributed by atoms with Crippen LogP contribution in [0.15, 0.2) is 42.5 Å². The number of hydrogen-bond acceptors (Lipinski definition) is 1. The molecule has 2 nitrogen and oxygen atoms in total. The normalized spacial score (nSPS) is 10.6. The van der Waals surface area contributed by atoms with Gasteiger partial charge in [0.1, 0.15) is 0 Å². The number of hydrogen-bond donors (Lipinski definition) is 0. The molecule has 2 aromatic rings. The number of halogens is 1. The highest BCUT2D eigenvalue weighted by atomic mass is 35.5. The monoisotopic (exact) mass is 275 g/mol. The highest BCUT2D eigenvalue weighted by Crippen LogP contribution is 2.16. The van der Waals surface area contributed by atoms with E-state index in [-0.39, 0.29) is 5.91 Å². The molecule has 1 amide bonds. The van der Waals surface area contributed by atoms with Crippen LogP contribution in [0.2, 0.25) is 0 Å². The van der Waals surface area contributed by atoms with Crippen molar-refractivity contribution in [2.24, 2.45) is 0 Å². The lowest BCUT2D eigenvalue weighted by atomic mass is 10.1. The Morgan fingerprint density at radius 2 is 1.89 bits per heavy atom. The zero-order chi connectivity index (χ0) is 13.7. The predicted molar refractivity (Wildman–Crippen MR) is 80.4 cm³/mol. The molecule has 0 bridgehead atoms. The van der Waals surface area contributed by atoms with E-state index in [4.69, 9.17) is 11.6 Å². The van der Waals surface area contributed by atoms with Crippen LogP contribution in [0.5, 0.6) is 0 Å². The summed E-state index contributed by atoms with van der Waals surface area (Å²) in [5.74, 6) is 0.684. The van der Waals surface area contributed by atoms with Crippen molar-refractivity contribution in [3.63, 3.8) is 0 Å². The minimum Gasteiger partial charge on any atom is -0.341 e. The molecule has 0 heterocycles. The van der Waals surface area contributed by atoms with Gasteiger partial charge in [-0.15, -0.1) is 11.6 Å². The summed E-state index contributed by atoms with van der Waals surface area (Å²) < 4.78 is 0. The van der Waals surface area contributed by atoms with Crippen LogP contribution in [0.1, 0.15) is 18.4 Å². The van der Waals surface area contributed by atoms with Gasteiger partial charge in [0.2, 0.25) is 5.91 Å². The van der Waals surface area contributed by atoms with Gasteiger partial charge in [0, 0.05) is 25.9 Å². The van der Waals surface area contributed by atoms with Gasteiger partial charge in [0.25, 0.3) is 0 Å². The standard InChI is InChI=1S/C16H18ClNO/c1-18(16(19)7-4-10-17)12-13-8-9-14-5-2-3-6-15(14)11-13/h2-3,5-6,8-9,11H,4,7,10,12H2,1H3. The van der Waals surface area contributed by atoms with Crippen molar-refractivity contribution in [1.29, 1.82) is 0 Å². The Bertz CT molecular complexity index is 567. The Kier molecular flexibility index (Phi) is 4.80. The quantitative estimate of drug-likeness (QED) is 0.760. The molecule has 19 heavy (non-hydrogen) atoms. The lowest BCUT2D eigenvalue weighted by molar-refractivity contribution is -0.130. The van der Waals surface area contributed by atoms with Crippen molar-refractivity contribution in [2.75, 3.05) is 12.9 Å². The molecule has 0 fully saturated rings. The first-order chi connectivity index (χ1) is 9.20. The molecule has 0 saturated carbocycles. The van der Waals surface area contributed by atoms with E-state index in [0.717, 1.165) is 12.0 Å². The lowest BCUT2D eigenvalue weighted by Crippen LogP contribution is -2.25. The van der Waals surface area contributed by atoms with Crippen molar-refractivity contribution >= 4 is 28.3 Å². The average molecular weight is 276 g/mol. The molecule has 2 aromatic carbocycles. The smallest absolute Gasteiger partial charge is 0.222 e. The van der Waals surface area contributed by atoms with Crippen molar-refractivity contribution in [3.8, 4) is 0 Å². The summed E-state index contributed by atoms with van der Waals surface area (Å²) in [5.41, 5.74) is 1.15. The fourth-order valence-corrected chi connectivity index (χ4v) is 2.24. The van der Waals surface area contributed by atoms with Crippen molar-refractivity contribution in [1.82, 2.24) is 4.90 Å². The molecular weight excluding hydrogens is 258 g/mol. The van der Waals surface area contributed by atoms with Gasteiger partial charge in [-0.25, -0.2) is 0 Å². The Morgan fingerprint density at radius 1 is 1.16 bits per heavy atom. The van der Waals surface area contributed by atoms with Crippen molar-refractivity contribution in [2.45, 2.75) is 19.4 Å². The first kappa shape index (κ1) is 13.9. The van der Waals surface area contributed by atoms with E-state index in [0.29, 0.717) is 18.8 Å². The molecule has 0 saturated heterocycles. The molecule has 2 rings (SSSR count). The molecule has 0 aliphatic heterocycles. The minimum atomic E-state index is 0.147. The molecule has 0 spiro atoms. The summed E-state index contributed by atoms with van der Waals surface area (Å²) in [4.78, 5) is 13.6. The molecule has 0 aliphatic rings. The van der Waals surface area contributed by atoms with E-state index in [1.165, 1.54) is 10.8 Å². The predicted octanol–water partition coefficient (Wildman–Crippen LogP) is 3.82. The second kappa shape index (κ2) is 6.58. The summed E-state index contributed by atoms with van der Waals surface area (Å²) >= 11 is 5.61. The maximum atomic E-state index is 11.8. The Morgan fingerprint density at radius 3 is 2.63 bits per heavy atom. The lowest BCUT2D eigenvalue weighted by Gasteiger charge is -2.17. The number of amides is 1.